The van der Waals surface area contributed by atoms with Crippen LogP contribution in [0.2, 0.25) is 0 Å². The number of carbonyl (C=O) groups excluding carboxylic acids is 1. The number of hydrogen-bond donors (Lipinski definition) is 1. The summed E-state index contributed by atoms with van der Waals surface area (Å²) in [6.07, 6.45) is 1.15. The van der Waals surface area contributed by atoms with Crippen LogP contribution >= 0.6 is 11.3 Å². The molecule has 0 radical (unpaired) electrons. The summed E-state index contributed by atoms with van der Waals surface area (Å²) in [6.45, 7) is 1.86. The zero-order valence-corrected chi connectivity index (χ0v) is 10.9. The van der Waals surface area contributed by atoms with Crippen LogP contribution in [0.1, 0.15) is 18.9 Å². The molecule has 1 atom stereocenters. The van der Waals surface area contributed by atoms with E-state index in [1.807, 2.05) is 16.8 Å². The van der Waals surface area contributed by atoms with E-state index >= 15 is 0 Å². The van der Waals surface area contributed by atoms with Crippen LogP contribution in [0.25, 0.3) is 0 Å². The molecule has 1 N–H and O–H groups in total. The third-order valence-electron chi connectivity index (χ3n) is 2.60. The maximum atomic E-state index is 11.7. The van der Waals surface area contributed by atoms with Crippen molar-refractivity contribution in [2.24, 2.45) is 5.92 Å². The van der Waals surface area contributed by atoms with E-state index in [-0.39, 0.29) is 12.5 Å². The molecule has 0 saturated carbocycles. The van der Waals surface area contributed by atoms with Crippen LogP contribution in [0.3, 0.4) is 0 Å². The first-order valence-electron chi connectivity index (χ1n) is 5.48. The standard InChI is InChI=1S/C12H17NO3S/c1-9(12(15)16)7-13(2)11(14)4-3-10-5-6-17-8-10/h5-6,8-9H,3-4,7H2,1-2H3,(H,15,16)/t9-/m1/s1. The second kappa shape index (κ2) is 6.39. The van der Waals surface area contributed by atoms with Gasteiger partial charge >= 0.3 is 5.97 Å². The van der Waals surface area contributed by atoms with Gasteiger partial charge in [-0.2, -0.15) is 11.3 Å². The summed E-state index contributed by atoms with van der Waals surface area (Å²) in [5.41, 5.74) is 1.16. The van der Waals surface area contributed by atoms with Gasteiger partial charge in [0.05, 0.1) is 5.92 Å². The predicted octanol–water partition coefficient (Wildman–Crippen LogP) is 1.86. The van der Waals surface area contributed by atoms with Gasteiger partial charge in [-0.05, 0) is 28.8 Å². The van der Waals surface area contributed by atoms with Crippen LogP contribution in [0.5, 0.6) is 0 Å². The summed E-state index contributed by atoms with van der Waals surface area (Å²) >= 11 is 1.61. The van der Waals surface area contributed by atoms with Crippen molar-refractivity contribution in [2.45, 2.75) is 19.8 Å². The van der Waals surface area contributed by atoms with E-state index in [0.29, 0.717) is 12.8 Å². The molecule has 0 bridgehead atoms. The molecule has 0 aliphatic carbocycles. The monoisotopic (exact) mass is 255 g/mol. The highest BCUT2D eigenvalue weighted by molar-refractivity contribution is 7.07. The van der Waals surface area contributed by atoms with E-state index in [1.54, 1.807) is 25.3 Å². The van der Waals surface area contributed by atoms with Crippen LogP contribution in [0.4, 0.5) is 0 Å². The van der Waals surface area contributed by atoms with E-state index in [0.717, 1.165) is 5.56 Å². The summed E-state index contributed by atoms with van der Waals surface area (Å²) in [4.78, 5) is 23.9. The van der Waals surface area contributed by atoms with Crippen molar-refractivity contribution >= 4 is 23.2 Å². The average molecular weight is 255 g/mol. The number of carbonyl (C=O) groups is 2. The normalized spacial score (nSPS) is 12.1. The smallest absolute Gasteiger partial charge is 0.308 e. The van der Waals surface area contributed by atoms with E-state index in [4.69, 9.17) is 5.11 Å². The predicted molar refractivity (Wildman–Crippen MR) is 67.1 cm³/mol. The fourth-order valence-corrected chi connectivity index (χ4v) is 2.17. The lowest BCUT2D eigenvalue weighted by Crippen LogP contribution is -2.33. The number of nitrogens with zero attached hydrogens (tertiary/aromatic N) is 1. The molecule has 5 heteroatoms. The second-order valence-electron chi connectivity index (χ2n) is 4.15. The van der Waals surface area contributed by atoms with Crippen molar-refractivity contribution < 1.29 is 14.7 Å². The van der Waals surface area contributed by atoms with Gasteiger partial charge in [0.25, 0.3) is 0 Å². The molecule has 0 aromatic carbocycles. The van der Waals surface area contributed by atoms with Crippen LogP contribution < -0.4 is 0 Å². The number of hydrogen-bond acceptors (Lipinski definition) is 3. The molecule has 1 rings (SSSR count). The minimum atomic E-state index is -0.873. The second-order valence-corrected chi connectivity index (χ2v) is 4.93. The lowest BCUT2D eigenvalue weighted by atomic mass is 10.1. The third kappa shape index (κ3) is 4.56. The Kier molecular flexibility index (Phi) is 5.15. The van der Waals surface area contributed by atoms with Gasteiger partial charge in [0.15, 0.2) is 0 Å². The van der Waals surface area contributed by atoms with Gasteiger partial charge in [-0.15, -0.1) is 0 Å². The van der Waals surface area contributed by atoms with Gasteiger partial charge in [0.2, 0.25) is 5.91 Å². The topological polar surface area (TPSA) is 57.6 Å². The molecule has 0 fully saturated rings. The van der Waals surface area contributed by atoms with E-state index < -0.39 is 11.9 Å². The van der Waals surface area contributed by atoms with Gasteiger partial charge < -0.3 is 10.0 Å². The fourth-order valence-electron chi connectivity index (χ4n) is 1.47. The number of carboxylic acid groups (broad SMARTS) is 1. The Bertz CT molecular complexity index is 375. The third-order valence-corrected chi connectivity index (χ3v) is 3.33. The molecule has 94 valence electrons. The van der Waals surface area contributed by atoms with Crippen molar-refractivity contribution in [1.82, 2.24) is 4.90 Å². The van der Waals surface area contributed by atoms with Crippen LogP contribution in [0.15, 0.2) is 16.8 Å². The van der Waals surface area contributed by atoms with Gasteiger partial charge in [-0.25, -0.2) is 0 Å². The summed E-state index contributed by atoms with van der Waals surface area (Å²) in [5, 5.41) is 12.8. The molecule has 0 aliphatic rings. The highest BCUT2D eigenvalue weighted by Crippen LogP contribution is 2.09. The number of aliphatic carboxylic acids is 1. The van der Waals surface area contributed by atoms with Crippen molar-refractivity contribution in [3.05, 3.63) is 22.4 Å². The number of rotatable bonds is 6. The number of thiophene rings is 1. The van der Waals surface area contributed by atoms with E-state index in [9.17, 15) is 9.59 Å². The molecular formula is C12H17NO3S. The Morgan fingerprint density at radius 2 is 2.24 bits per heavy atom. The Morgan fingerprint density at radius 1 is 1.53 bits per heavy atom. The van der Waals surface area contributed by atoms with Gasteiger partial charge in [-0.1, -0.05) is 6.92 Å². The number of carboxylic acids is 1. The number of amides is 1. The average Bonchev–Trinajstić information content (AvgIpc) is 2.78. The van der Waals surface area contributed by atoms with Gasteiger partial charge in [0.1, 0.15) is 0 Å². The molecule has 0 aliphatic heterocycles. The van der Waals surface area contributed by atoms with E-state index in [1.165, 1.54) is 4.90 Å². The Balaban J connectivity index is 2.34. The Hall–Kier alpha value is -1.36. The van der Waals surface area contributed by atoms with Crippen LogP contribution in [-0.4, -0.2) is 35.5 Å². The molecule has 0 unspecified atom stereocenters. The molecule has 1 aromatic heterocycles. The minimum absolute atomic E-state index is 0.00991. The molecular weight excluding hydrogens is 238 g/mol. The summed E-state index contributed by atoms with van der Waals surface area (Å²) < 4.78 is 0. The van der Waals surface area contributed by atoms with Crippen molar-refractivity contribution in [3.8, 4) is 0 Å². The zero-order chi connectivity index (χ0) is 12.8. The van der Waals surface area contributed by atoms with Crippen molar-refractivity contribution in [1.29, 1.82) is 0 Å². The highest BCUT2D eigenvalue weighted by atomic mass is 32.1. The largest absolute Gasteiger partial charge is 0.481 e. The highest BCUT2D eigenvalue weighted by Gasteiger charge is 2.17. The maximum Gasteiger partial charge on any atom is 0.308 e. The molecule has 4 nitrogen and oxygen atoms in total. The van der Waals surface area contributed by atoms with Gasteiger partial charge in [-0.3, -0.25) is 9.59 Å². The van der Waals surface area contributed by atoms with Crippen LogP contribution in [0, 0.1) is 5.92 Å². The lowest BCUT2D eigenvalue weighted by molar-refractivity contribution is -0.142. The van der Waals surface area contributed by atoms with E-state index in [2.05, 4.69) is 0 Å². The molecule has 1 heterocycles. The number of aryl methyl sites for hydroxylation is 1. The first kappa shape index (κ1) is 13.7. The first-order valence-corrected chi connectivity index (χ1v) is 6.43. The summed E-state index contributed by atoms with van der Waals surface area (Å²) in [7, 11) is 1.65. The molecule has 0 spiro atoms. The SMILES string of the molecule is C[C@H](CN(C)C(=O)CCc1ccsc1)C(=O)O. The summed E-state index contributed by atoms with van der Waals surface area (Å²) in [5.74, 6) is -1.41. The maximum absolute atomic E-state index is 11.7. The van der Waals surface area contributed by atoms with Crippen molar-refractivity contribution in [3.63, 3.8) is 0 Å². The summed E-state index contributed by atoms with van der Waals surface area (Å²) in [6, 6.07) is 2.00. The van der Waals surface area contributed by atoms with Crippen LogP contribution in [-0.2, 0) is 16.0 Å². The molecule has 17 heavy (non-hydrogen) atoms. The lowest BCUT2D eigenvalue weighted by Gasteiger charge is -2.19. The Morgan fingerprint density at radius 3 is 2.76 bits per heavy atom. The molecule has 1 amide bonds. The minimum Gasteiger partial charge on any atom is -0.481 e. The van der Waals surface area contributed by atoms with Crippen molar-refractivity contribution in [2.75, 3.05) is 13.6 Å². The zero-order valence-electron chi connectivity index (χ0n) is 10.0. The molecule has 1 aromatic rings. The van der Waals surface area contributed by atoms with Gasteiger partial charge in [0, 0.05) is 20.0 Å². The first-order chi connectivity index (χ1) is 8.00. The molecule has 0 saturated heterocycles. The quantitative estimate of drug-likeness (QED) is 0.844. The Labute approximate surface area is 105 Å². The fraction of sp³-hybridized carbons (Fsp3) is 0.500.